The zero-order chi connectivity index (χ0) is 8.55. The van der Waals surface area contributed by atoms with Crippen LogP contribution < -0.4 is 5.32 Å². The zero-order valence-electron chi connectivity index (χ0n) is 7.56. The highest BCUT2D eigenvalue weighted by Crippen LogP contribution is 2.29. The molecule has 1 nitrogen and oxygen atoms in total. The summed E-state index contributed by atoms with van der Waals surface area (Å²) in [7, 11) is 0. The molecule has 0 saturated heterocycles. The van der Waals surface area contributed by atoms with E-state index in [2.05, 4.69) is 40.3 Å². The second-order valence-corrected chi connectivity index (χ2v) is 4.20. The molecular formula is C10H13BrClN. The molecule has 0 amide bonds. The van der Waals surface area contributed by atoms with Gasteiger partial charge >= 0.3 is 0 Å². The van der Waals surface area contributed by atoms with Crippen molar-refractivity contribution in [2.75, 3.05) is 11.9 Å². The van der Waals surface area contributed by atoms with Gasteiger partial charge in [0.15, 0.2) is 0 Å². The van der Waals surface area contributed by atoms with Crippen molar-refractivity contribution in [2.45, 2.75) is 19.8 Å². The Morgan fingerprint density at radius 2 is 2.15 bits per heavy atom. The average molecular weight is 263 g/mol. The fourth-order valence-corrected chi connectivity index (χ4v) is 2.37. The van der Waals surface area contributed by atoms with E-state index >= 15 is 0 Å². The normalized spacial score (nSPS) is 14.0. The van der Waals surface area contributed by atoms with Crippen LogP contribution >= 0.6 is 28.3 Å². The van der Waals surface area contributed by atoms with Gasteiger partial charge in [-0.1, -0.05) is 15.9 Å². The van der Waals surface area contributed by atoms with Gasteiger partial charge in [-0.15, -0.1) is 12.4 Å². The Balaban J connectivity index is 0.000000845. The van der Waals surface area contributed by atoms with Crippen LogP contribution in [0, 0.1) is 6.92 Å². The van der Waals surface area contributed by atoms with Crippen molar-refractivity contribution in [1.29, 1.82) is 0 Å². The molecule has 0 spiro atoms. The maximum absolute atomic E-state index is 3.51. The third kappa shape index (κ3) is 2.18. The number of halogens is 2. The Labute approximate surface area is 93.5 Å². The van der Waals surface area contributed by atoms with Gasteiger partial charge in [-0.05, 0) is 43.0 Å². The molecule has 0 aliphatic carbocycles. The molecule has 0 radical (unpaired) electrons. The summed E-state index contributed by atoms with van der Waals surface area (Å²) in [4.78, 5) is 0. The summed E-state index contributed by atoms with van der Waals surface area (Å²) in [5.41, 5.74) is 4.15. The molecule has 1 aromatic rings. The molecule has 1 aliphatic rings. The van der Waals surface area contributed by atoms with Crippen LogP contribution in [0.3, 0.4) is 0 Å². The van der Waals surface area contributed by atoms with Crippen molar-refractivity contribution in [3.8, 4) is 0 Å². The van der Waals surface area contributed by atoms with Crippen LogP contribution in [-0.2, 0) is 6.42 Å². The van der Waals surface area contributed by atoms with Crippen LogP contribution in [0.5, 0.6) is 0 Å². The lowest BCUT2D eigenvalue weighted by atomic mass is 10.0. The molecule has 13 heavy (non-hydrogen) atoms. The number of aryl methyl sites for hydroxylation is 2. The Hall–Kier alpha value is -0.210. The fourth-order valence-electron chi connectivity index (χ4n) is 1.75. The van der Waals surface area contributed by atoms with Crippen LogP contribution in [0.2, 0.25) is 0 Å². The van der Waals surface area contributed by atoms with Gasteiger partial charge in [0.05, 0.1) is 0 Å². The monoisotopic (exact) mass is 261 g/mol. The van der Waals surface area contributed by atoms with E-state index in [1.165, 1.54) is 34.1 Å². The number of fused-ring (bicyclic) bond motifs is 1. The third-order valence-corrected chi connectivity index (χ3v) is 2.76. The molecule has 2 rings (SSSR count). The predicted octanol–water partition coefficient (Wildman–Crippen LogP) is 3.54. The molecule has 0 unspecified atom stereocenters. The third-order valence-electron chi connectivity index (χ3n) is 2.31. The summed E-state index contributed by atoms with van der Waals surface area (Å²) in [5.74, 6) is 0. The first-order chi connectivity index (χ1) is 5.77. The molecule has 0 bridgehead atoms. The highest BCUT2D eigenvalue weighted by molar-refractivity contribution is 9.10. The molecule has 0 atom stereocenters. The molecule has 1 aliphatic heterocycles. The van der Waals surface area contributed by atoms with Crippen LogP contribution in [0.25, 0.3) is 0 Å². The van der Waals surface area contributed by atoms with Gasteiger partial charge in [-0.2, -0.15) is 0 Å². The maximum Gasteiger partial charge on any atom is 0.0403 e. The Morgan fingerprint density at radius 3 is 2.92 bits per heavy atom. The number of hydrogen-bond acceptors (Lipinski definition) is 1. The van der Waals surface area contributed by atoms with E-state index in [1.54, 1.807) is 0 Å². The van der Waals surface area contributed by atoms with Gasteiger partial charge in [-0.25, -0.2) is 0 Å². The van der Waals surface area contributed by atoms with E-state index in [1.807, 2.05) is 0 Å². The van der Waals surface area contributed by atoms with Crippen LogP contribution in [0.15, 0.2) is 16.6 Å². The summed E-state index contributed by atoms with van der Waals surface area (Å²) < 4.78 is 1.20. The van der Waals surface area contributed by atoms with E-state index in [4.69, 9.17) is 0 Å². The molecular weight excluding hydrogens is 249 g/mol. The summed E-state index contributed by atoms with van der Waals surface area (Å²) in [6.07, 6.45) is 2.46. The average Bonchev–Trinajstić information content (AvgIpc) is 2.04. The molecule has 1 aromatic carbocycles. The lowest BCUT2D eigenvalue weighted by Crippen LogP contribution is -2.12. The standard InChI is InChI=1S/C10H12BrN.ClH/c1-7-5-9(11)6-8-3-2-4-12-10(7)8;/h5-6,12H,2-4H2,1H3;1H. The number of anilines is 1. The van der Waals surface area contributed by atoms with Gasteiger partial charge in [0.1, 0.15) is 0 Å². The van der Waals surface area contributed by atoms with Gasteiger partial charge in [0.25, 0.3) is 0 Å². The minimum absolute atomic E-state index is 0. The summed E-state index contributed by atoms with van der Waals surface area (Å²) in [6.45, 7) is 3.28. The zero-order valence-corrected chi connectivity index (χ0v) is 9.96. The maximum atomic E-state index is 3.51. The molecule has 1 N–H and O–H groups in total. The minimum atomic E-state index is 0. The van der Waals surface area contributed by atoms with Gasteiger partial charge in [-0.3, -0.25) is 0 Å². The largest absolute Gasteiger partial charge is 0.385 e. The topological polar surface area (TPSA) is 12.0 Å². The lowest BCUT2D eigenvalue weighted by Gasteiger charge is -2.20. The Kier molecular flexibility index (Phi) is 3.63. The van der Waals surface area contributed by atoms with E-state index in [9.17, 15) is 0 Å². The van der Waals surface area contributed by atoms with Crippen molar-refractivity contribution < 1.29 is 0 Å². The van der Waals surface area contributed by atoms with Crippen molar-refractivity contribution in [3.05, 3.63) is 27.7 Å². The minimum Gasteiger partial charge on any atom is -0.385 e. The molecule has 0 fully saturated rings. The summed E-state index contributed by atoms with van der Waals surface area (Å²) >= 11 is 3.51. The first kappa shape index (κ1) is 10.9. The fraction of sp³-hybridized carbons (Fsp3) is 0.400. The van der Waals surface area contributed by atoms with Gasteiger partial charge in [0, 0.05) is 16.7 Å². The molecule has 72 valence electrons. The number of hydrogen-bond donors (Lipinski definition) is 1. The van der Waals surface area contributed by atoms with E-state index < -0.39 is 0 Å². The molecule has 0 saturated carbocycles. The SMILES string of the molecule is Cc1cc(Br)cc2c1NCCC2.Cl. The first-order valence-electron chi connectivity index (χ1n) is 4.30. The lowest BCUT2D eigenvalue weighted by molar-refractivity contribution is 0.827. The number of benzene rings is 1. The van der Waals surface area contributed by atoms with Crippen LogP contribution in [-0.4, -0.2) is 6.54 Å². The highest BCUT2D eigenvalue weighted by Gasteiger charge is 2.10. The van der Waals surface area contributed by atoms with E-state index in [-0.39, 0.29) is 12.4 Å². The second-order valence-electron chi connectivity index (χ2n) is 3.29. The van der Waals surface area contributed by atoms with E-state index in [0.29, 0.717) is 0 Å². The highest BCUT2D eigenvalue weighted by atomic mass is 79.9. The van der Waals surface area contributed by atoms with Crippen molar-refractivity contribution >= 4 is 34.0 Å². The quantitative estimate of drug-likeness (QED) is 0.754. The van der Waals surface area contributed by atoms with Crippen molar-refractivity contribution in [3.63, 3.8) is 0 Å². The molecule has 1 heterocycles. The van der Waals surface area contributed by atoms with E-state index in [0.717, 1.165) is 6.54 Å². The van der Waals surface area contributed by atoms with Crippen molar-refractivity contribution in [1.82, 2.24) is 0 Å². The van der Waals surface area contributed by atoms with Crippen LogP contribution in [0.1, 0.15) is 17.5 Å². The Morgan fingerprint density at radius 1 is 1.38 bits per heavy atom. The molecule has 0 aromatic heterocycles. The second kappa shape index (κ2) is 4.34. The molecule has 3 heteroatoms. The first-order valence-corrected chi connectivity index (χ1v) is 5.09. The van der Waals surface area contributed by atoms with Crippen LogP contribution in [0.4, 0.5) is 5.69 Å². The summed E-state index contributed by atoms with van der Waals surface area (Å²) in [5, 5.41) is 3.44. The van der Waals surface area contributed by atoms with Gasteiger partial charge < -0.3 is 5.32 Å². The summed E-state index contributed by atoms with van der Waals surface area (Å²) in [6, 6.07) is 4.38. The van der Waals surface area contributed by atoms with Gasteiger partial charge in [0.2, 0.25) is 0 Å². The number of nitrogens with one attached hydrogen (secondary N) is 1. The smallest absolute Gasteiger partial charge is 0.0403 e. The Bertz CT molecular complexity index is 312. The number of rotatable bonds is 0. The predicted molar refractivity (Wildman–Crippen MR) is 62.9 cm³/mol. The van der Waals surface area contributed by atoms with Crippen molar-refractivity contribution in [2.24, 2.45) is 0 Å².